The average molecular weight is 377 g/mol. The van der Waals surface area contributed by atoms with Gasteiger partial charge in [0.25, 0.3) is 5.91 Å². The van der Waals surface area contributed by atoms with E-state index >= 15 is 0 Å². The van der Waals surface area contributed by atoms with Gasteiger partial charge < -0.3 is 19.8 Å². The van der Waals surface area contributed by atoms with Crippen LogP contribution in [0.2, 0.25) is 0 Å². The molecule has 28 heavy (non-hydrogen) atoms. The number of carbonyl (C=O) groups is 2. The monoisotopic (exact) mass is 377 g/mol. The average Bonchev–Trinajstić information content (AvgIpc) is 3.14. The molecule has 1 unspecified atom stereocenters. The second kappa shape index (κ2) is 8.73. The predicted octanol–water partition coefficient (Wildman–Crippen LogP) is 2.32. The summed E-state index contributed by atoms with van der Waals surface area (Å²) < 4.78 is 10.2. The number of fused-ring (bicyclic) bond motifs is 1. The summed E-state index contributed by atoms with van der Waals surface area (Å²) in [4.78, 5) is 27.5. The third kappa shape index (κ3) is 4.48. The summed E-state index contributed by atoms with van der Waals surface area (Å²) in [5, 5.41) is 12.4. The van der Waals surface area contributed by atoms with Gasteiger partial charge in [0, 0.05) is 23.5 Å². The molecule has 142 valence electrons. The fourth-order valence-electron chi connectivity index (χ4n) is 2.87. The van der Waals surface area contributed by atoms with Crippen molar-refractivity contribution in [2.24, 2.45) is 0 Å². The van der Waals surface area contributed by atoms with Gasteiger partial charge in [-0.05, 0) is 35.9 Å². The summed E-state index contributed by atoms with van der Waals surface area (Å²) in [6.07, 6.45) is 2.11. The number of nitriles is 1. The van der Waals surface area contributed by atoms with Crippen LogP contribution in [0, 0.1) is 11.3 Å². The van der Waals surface area contributed by atoms with E-state index in [4.69, 9.17) is 14.7 Å². The van der Waals surface area contributed by atoms with E-state index in [1.54, 1.807) is 24.3 Å². The van der Waals surface area contributed by atoms with E-state index in [1.807, 2.05) is 36.5 Å². The van der Waals surface area contributed by atoms with Crippen LogP contribution in [0.1, 0.15) is 11.1 Å². The van der Waals surface area contributed by atoms with Crippen molar-refractivity contribution in [2.75, 3.05) is 13.7 Å². The molecule has 0 spiro atoms. The number of hydrogen-bond donors (Lipinski definition) is 2. The van der Waals surface area contributed by atoms with Crippen LogP contribution in [-0.2, 0) is 20.7 Å². The molecule has 3 rings (SSSR count). The highest BCUT2D eigenvalue weighted by Crippen LogP contribution is 2.19. The van der Waals surface area contributed by atoms with Crippen LogP contribution in [0.4, 0.5) is 0 Å². The third-order valence-corrected chi connectivity index (χ3v) is 4.27. The number of rotatable bonds is 7. The molecular weight excluding hydrogens is 358 g/mol. The number of hydrogen-bond acceptors (Lipinski definition) is 5. The number of H-pyrrole nitrogens is 1. The molecule has 3 aromatic rings. The van der Waals surface area contributed by atoms with Crippen molar-refractivity contribution >= 4 is 22.8 Å². The Balaban J connectivity index is 1.64. The van der Waals surface area contributed by atoms with E-state index in [9.17, 15) is 9.59 Å². The maximum atomic E-state index is 12.3. The van der Waals surface area contributed by atoms with Gasteiger partial charge in [0.05, 0.1) is 18.7 Å². The van der Waals surface area contributed by atoms with Gasteiger partial charge >= 0.3 is 5.97 Å². The van der Waals surface area contributed by atoms with Gasteiger partial charge in [-0.25, -0.2) is 4.79 Å². The van der Waals surface area contributed by atoms with Crippen LogP contribution < -0.4 is 10.1 Å². The summed E-state index contributed by atoms with van der Waals surface area (Å²) in [7, 11) is 1.28. The fraction of sp³-hybridized carbons (Fsp3) is 0.190. The highest BCUT2D eigenvalue weighted by atomic mass is 16.5. The predicted molar refractivity (Wildman–Crippen MR) is 103 cm³/mol. The summed E-state index contributed by atoms with van der Waals surface area (Å²) in [6.45, 7) is -0.257. The minimum atomic E-state index is -0.832. The van der Waals surface area contributed by atoms with Gasteiger partial charge in [0.1, 0.15) is 11.8 Å². The van der Waals surface area contributed by atoms with E-state index in [-0.39, 0.29) is 6.61 Å². The number of benzene rings is 2. The molecule has 0 aliphatic heterocycles. The molecule has 0 bridgehead atoms. The third-order valence-electron chi connectivity index (χ3n) is 4.27. The fourth-order valence-corrected chi connectivity index (χ4v) is 2.87. The number of para-hydroxylation sites is 1. The van der Waals surface area contributed by atoms with Crippen LogP contribution >= 0.6 is 0 Å². The van der Waals surface area contributed by atoms with E-state index in [2.05, 4.69) is 10.3 Å². The number of nitrogens with one attached hydrogen (secondary N) is 2. The molecule has 2 aromatic carbocycles. The van der Waals surface area contributed by atoms with E-state index in [0.717, 1.165) is 16.5 Å². The van der Waals surface area contributed by atoms with Crippen molar-refractivity contribution in [3.05, 3.63) is 65.9 Å². The summed E-state index contributed by atoms with van der Waals surface area (Å²) in [5.41, 5.74) is 2.36. The number of esters is 1. The maximum absolute atomic E-state index is 12.3. The molecular formula is C21H19N3O4. The smallest absolute Gasteiger partial charge is 0.328 e. The number of nitrogens with zero attached hydrogens (tertiary/aromatic N) is 1. The van der Waals surface area contributed by atoms with Crippen molar-refractivity contribution in [2.45, 2.75) is 12.5 Å². The molecule has 0 aliphatic rings. The van der Waals surface area contributed by atoms with Gasteiger partial charge in [-0.15, -0.1) is 0 Å². The number of amides is 1. The van der Waals surface area contributed by atoms with Crippen LogP contribution in [0.5, 0.6) is 5.75 Å². The Hall–Kier alpha value is -3.79. The Kier molecular flexibility index (Phi) is 5.92. The number of methoxy groups -OCH3 is 1. The summed E-state index contributed by atoms with van der Waals surface area (Å²) >= 11 is 0. The zero-order valence-corrected chi connectivity index (χ0v) is 15.3. The van der Waals surface area contributed by atoms with E-state index in [1.165, 1.54) is 7.11 Å². The first-order chi connectivity index (χ1) is 13.6. The highest BCUT2D eigenvalue weighted by Gasteiger charge is 2.23. The molecule has 7 nitrogen and oxygen atoms in total. The molecule has 0 saturated carbocycles. The van der Waals surface area contributed by atoms with Crippen LogP contribution in [0.25, 0.3) is 10.9 Å². The lowest BCUT2D eigenvalue weighted by atomic mass is 10.0. The lowest BCUT2D eigenvalue weighted by molar-refractivity contribution is -0.145. The van der Waals surface area contributed by atoms with E-state index < -0.39 is 17.9 Å². The van der Waals surface area contributed by atoms with Gasteiger partial charge in [-0.3, -0.25) is 4.79 Å². The number of carbonyl (C=O) groups excluding carboxylic acids is 2. The van der Waals surface area contributed by atoms with Crippen LogP contribution in [-0.4, -0.2) is 36.6 Å². The highest BCUT2D eigenvalue weighted by molar-refractivity contribution is 5.87. The molecule has 1 aromatic heterocycles. The Bertz CT molecular complexity index is 1020. The normalized spacial score (nSPS) is 11.4. The first-order valence-electron chi connectivity index (χ1n) is 8.66. The van der Waals surface area contributed by atoms with Crippen molar-refractivity contribution in [3.8, 4) is 11.8 Å². The van der Waals surface area contributed by atoms with Crippen LogP contribution in [0.3, 0.4) is 0 Å². The Labute approximate surface area is 161 Å². The molecule has 2 N–H and O–H groups in total. The van der Waals surface area contributed by atoms with Crippen LogP contribution in [0.15, 0.2) is 54.7 Å². The summed E-state index contributed by atoms with van der Waals surface area (Å²) in [5.74, 6) is -0.517. The Morgan fingerprint density at radius 3 is 2.64 bits per heavy atom. The number of aromatic nitrogens is 1. The molecule has 1 heterocycles. The molecule has 1 amide bonds. The molecule has 0 fully saturated rings. The van der Waals surface area contributed by atoms with Crippen molar-refractivity contribution in [1.82, 2.24) is 10.3 Å². The quantitative estimate of drug-likeness (QED) is 0.615. The standard InChI is InChI=1S/C21H19N3O4/c1-27-21(26)19(10-15-12-23-18-5-3-2-4-17(15)18)24-20(25)13-28-16-8-6-14(11-22)7-9-16/h2-9,12,19,23H,10,13H2,1H3,(H,24,25). The topological polar surface area (TPSA) is 104 Å². The first-order valence-corrected chi connectivity index (χ1v) is 8.66. The largest absolute Gasteiger partial charge is 0.484 e. The van der Waals surface area contributed by atoms with Gasteiger partial charge in [-0.2, -0.15) is 5.26 Å². The molecule has 1 atom stereocenters. The summed E-state index contributed by atoms with van der Waals surface area (Å²) in [6, 6.07) is 15.3. The van der Waals surface area contributed by atoms with Crippen molar-refractivity contribution in [1.29, 1.82) is 5.26 Å². The molecule has 0 saturated heterocycles. The van der Waals surface area contributed by atoms with E-state index in [0.29, 0.717) is 17.7 Å². The maximum Gasteiger partial charge on any atom is 0.328 e. The molecule has 0 aliphatic carbocycles. The first kappa shape index (κ1) is 19.0. The van der Waals surface area contributed by atoms with Crippen molar-refractivity contribution < 1.29 is 19.1 Å². The zero-order valence-electron chi connectivity index (χ0n) is 15.3. The second-order valence-electron chi connectivity index (χ2n) is 6.13. The lowest BCUT2D eigenvalue weighted by Crippen LogP contribution is -2.44. The Morgan fingerprint density at radius 1 is 1.18 bits per heavy atom. The van der Waals surface area contributed by atoms with Gasteiger partial charge in [0.2, 0.25) is 0 Å². The number of aromatic amines is 1. The van der Waals surface area contributed by atoms with Gasteiger partial charge in [0.15, 0.2) is 6.61 Å². The molecule has 0 radical (unpaired) electrons. The SMILES string of the molecule is COC(=O)C(Cc1c[nH]c2ccccc12)NC(=O)COc1ccc(C#N)cc1. The minimum absolute atomic E-state index is 0.257. The Morgan fingerprint density at radius 2 is 1.93 bits per heavy atom. The number of ether oxygens (including phenoxy) is 2. The minimum Gasteiger partial charge on any atom is -0.484 e. The van der Waals surface area contributed by atoms with Gasteiger partial charge in [-0.1, -0.05) is 18.2 Å². The molecule has 7 heteroatoms. The lowest BCUT2D eigenvalue weighted by Gasteiger charge is -2.16. The van der Waals surface area contributed by atoms with Crippen molar-refractivity contribution in [3.63, 3.8) is 0 Å². The second-order valence-corrected chi connectivity index (χ2v) is 6.13. The zero-order chi connectivity index (χ0) is 19.9.